The Morgan fingerprint density at radius 1 is 1.12 bits per heavy atom. The number of para-hydroxylation sites is 1. The highest BCUT2D eigenvalue weighted by Crippen LogP contribution is 2.42. The van der Waals surface area contributed by atoms with Gasteiger partial charge in [0.15, 0.2) is 0 Å². The molecule has 2 aromatic carbocycles. The fourth-order valence-corrected chi connectivity index (χ4v) is 5.24. The van der Waals surface area contributed by atoms with E-state index in [9.17, 15) is 9.59 Å². The number of carbonyl (C=O) groups is 2. The van der Waals surface area contributed by atoms with Crippen molar-refractivity contribution < 1.29 is 14.3 Å². The average Bonchev–Trinajstić information content (AvgIpc) is 3.09. The molecule has 3 aromatic rings. The summed E-state index contributed by atoms with van der Waals surface area (Å²) in [6.07, 6.45) is 0. The molecule has 0 aliphatic carbocycles. The van der Waals surface area contributed by atoms with Crippen LogP contribution in [0, 0.1) is 0 Å². The number of nitrogens with zero attached hydrogens (tertiary/aromatic N) is 3. The molecule has 2 aliphatic heterocycles. The van der Waals surface area contributed by atoms with Crippen LogP contribution in [0.4, 0.5) is 0 Å². The highest BCUT2D eigenvalue weighted by atomic mass is 32.1. The van der Waals surface area contributed by atoms with Gasteiger partial charge in [-0.05, 0) is 50.1 Å². The van der Waals surface area contributed by atoms with Crippen molar-refractivity contribution >= 4 is 35.4 Å². The molecule has 3 unspecified atom stereocenters. The van der Waals surface area contributed by atoms with Crippen LogP contribution in [0.2, 0.25) is 0 Å². The first-order valence-electron chi connectivity index (χ1n) is 11.2. The number of carbonyl (C=O) groups excluding carboxylic acids is 2. The number of aromatic nitrogens is 1. The number of benzene rings is 2. The summed E-state index contributed by atoms with van der Waals surface area (Å²) in [5.74, 6) is -0.374. The van der Waals surface area contributed by atoms with Crippen molar-refractivity contribution in [3.63, 3.8) is 0 Å². The fourth-order valence-electron chi connectivity index (χ4n) is 4.95. The largest absolute Gasteiger partial charge is 0.456 e. The molecule has 1 amide bonds. The second kappa shape index (κ2) is 7.92. The van der Waals surface area contributed by atoms with Gasteiger partial charge in [0.25, 0.3) is 0 Å². The number of amides is 1. The summed E-state index contributed by atoms with van der Waals surface area (Å²) in [7, 11) is 1.83. The van der Waals surface area contributed by atoms with Crippen LogP contribution in [0.15, 0.2) is 48.5 Å². The number of likely N-dealkylation sites (N-methyl/N-ethyl adjacent to an activating group) is 1. The number of fused-ring (bicyclic) bond motifs is 6. The third-order valence-corrected chi connectivity index (χ3v) is 7.16. The van der Waals surface area contributed by atoms with Crippen molar-refractivity contribution in [1.82, 2.24) is 14.4 Å². The van der Waals surface area contributed by atoms with E-state index in [2.05, 4.69) is 21.6 Å². The zero-order valence-electron chi connectivity index (χ0n) is 19.4. The van der Waals surface area contributed by atoms with E-state index in [0.29, 0.717) is 18.7 Å². The number of rotatable bonds is 3. The normalized spacial score (nSPS) is 22.4. The maximum atomic E-state index is 13.1. The van der Waals surface area contributed by atoms with Gasteiger partial charge in [0.1, 0.15) is 11.1 Å². The number of ether oxygens (including phenoxy) is 1. The summed E-state index contributed by atoms with van der Waals surface area (Å²) >= 11 is 4.69. The SMILES string of the molecule is CN1C(=O)C2CN(Cc3c2c2ccccc2n3Cc2ccc(C(=O)OC(C)(C)C)cc2)C1S. The first kappa shape index (κ1) is 22.0. The monoisotopic (exact) mass is 463 g/mol. The summed E-state index contributed by atoms with van der Waals surface area (Å²) in [5.41, 5.74) is 4.32. The summed E-state index contributed by atoms with van der Waals surface area (Å²) in [5, 5.41) is 1.14. The molecular formula is C26H29N3O3S. The standard InChI is InChI=1S/C26H29N3O3S/c1-26(2,3)32-24(31)17-11-9-16(10-12-17)13-29-20-8-6-5-7-18(20)22-19-14-28(15-21(22)29)25(33)27(4)23(19)30/h5-12,19,25,33H,13-15H2,1-4H3. The average molecular weight is 464 g/mol. The van der Waals surface area contributed by atoms with Crippen LogP contribution in [0.3, 0.4) is 0 Å². The van der Waals surface area contributed by atoms with Crippen molar-refractivity contribution in [2.24, 2.45) is 0 Å². The molecule has 5 rings (SSSR count). The molecule has 2 bridgehead atoms. The third kappa shape index (κ3) is 3.83. The Morgan fingerprint density at radius 2 is 1.82 bits per heavy atom. The molecule has 0 saturated carbocycles. The Balaban J connectivity index is 1.52. The van der Waals surface area contributed by atoms with E-state index in [-0.39, 0.29) is 23.3 Å². The van der Waals surface area contributed by atoms with Gasteiger partial charge in [-0.3, -0.25) is 9.69 Å². The van der Waals surface area contributed by atoms with Crippen molar-refractivity contribution in [2.75, 3.05) is 13.6 Å². The predicted octanol–water partition coefficient (Wildman–Crippen LogP) is 4.23. The maximum absolute atomic E-state index is 13.1. The van der Waals surface area contributed by atoms with Crippen LogP contribution in [0.25, 0.3) is 10.9 Å². The van der Waals surface area contributed by atoms with E-state index >= 15 is 0 Å². The minimum atomic E-state index is -0.525. The predicted molar refractivity (Wildman–Crippen MR) is 131 cm³/mol. The molecule has 2 aliphatic rings. The first-order chi connectivity index (χ1) is 15.6. The zero-order valence-corrected chi connectivity index (χ0v) is 20.3. The summed E-state index contributed by atoms with van der Waals surface area (Å²) in [4.78, 5) is 29.5. The molecule has 3 atom stereocenters. The Morgan fingerprint density at radius 3 is 2.52 bits per heavy atom. The van der Waals surface area contributed by atoms with Gasteiger partial charge >= 0.3 is 5.97 Å². The van der Waals surface area contributed by atoms with Gasteiger partial charge in [-0.2, -0.15) is 0 Å². The van der Waals surface area contributed by atoms with Crippen molar-refractivity contribution in [3.05, 3.63) is 70.9 Å². The van der Waals surface area contributed by atoms with E-state index in [4.69, 9.17) is 17.4 Å². The van der Waals surface area contributed by atoms with E-state index in [1.54, 1.807) is 4.90 Å². The molecule has 6 nitrogen and oxygen atoms in total. The summed E-state index contributed by atoms with van der Waals surface area (Å²) in [6.45, 7) is 7.69. The van der Waals surface area contributed by atoms with Gasteiger partial charge in [-0.1, -0.05) is 30.3 Å². The number of thiol groups is 1. The summed E-state index contributed by atoms with van der Waals surface area (Å²) < 4.78 is 7.79. The lowest BCUT2D eigenvalue weighted by Gasteiger charge is -2.46. The molecule has 7 heteroatoms. The van der Waals surface area contributed by atoms with Crippen LogP contribution in [-0.2, 0) is 22.6 Å². The quantitative estimate of drug-likeness (QED) is 0.467. The lowest BCUT2D eigenvalue weighted by atomic mass is 9.89. The maximum Gasteiger partial charge on any atom is 0.338 e. The van der Waals surface area contributed by atoms with Crippen LogP contribution in [0.5, 0.6) is 0 Å². The van der Waals surface area contributed by atoms with E-state index < -0.39 is 5.60 Å². The Labute approximate surface area is 199 Å². The molecule has 1 saturated heterocycles. The van der Waals surface area contributed by atoms with Crippen molar-refractivity contribution in [3.8, 4) is 0 Å². The Kier molecular flexibility index (Phi) is 5.29. The highest BCUT2D eigenvalue weighted by Gasteiger charge is 2.44. The minimum Gasteiger partial charge on any atom is -0.456 e. The van der Waals surface area contributed by atoms with Gasteiger partial charge in [0, 0.05) is 43.3 Å². The lowest BCUT2D eigenvalue weighted by Crippen LogP contribution is -2.57. The van der Waals surface area contributed by atoms with Crippen LogP contribution >= 0.6 is 12.6 Å². The molecular weight excluding hydrogens is 434 g/mol. The molecule has 3 heterocycles. The highest BCUT2D eigenvalue weighted by molar-refractivity contribution is 7.80. The molecule has 1 aromatic heterocycles. The molecule has 0 N–H and O–H groups in total. The minimum absolute atomic E-state index is 0.122. The van der Waals surface area contributed by atoms with Crippen molar-refractivity contribution in [1.29, 1.82) is 0 Å². The third-order valence-electron chi connectivity index (χ3n) is 6.49. The van der Waals surface area contributed by atoms with Gasteiger partial charge in [-0.15, -0.1) is 12.6 Å². The topological polar surface area (TPSA) is 54.8 Å². The number of esters is 1. The molecule has 1 fully saturated rings. The molecule has 0 radical (unpaired) electrons. The second-order valence-electron chi connectivity index (χ2n) is 9.94. The second-order valence-corrected chi connectivity index (χ2v) is 10.4. The van der Waals surface area contributed by atoms with Gasteiger partial charge < -0.3 is 14.2 Å². The van der Waals surface area contributed by atoms with Crippen LogP contribution < -0.4 is 0 Å². The Bertz CT molecular complexity index is 1240. The van der Waals surface area contributed by atoms with Crippen LogP contribution in [-0.4, -0.2) is 50.9 Å². The molecule has 172 valence electrons. The molecule has 0 spiro atoms. The van der Waals surface area contributed by atoms with E-state index in [1.807, 2.05) is 64.2 Å². The Hall–Kier alpha value is -2.77. The summed E-state index contributed by atoms with van der Waals surface area (Å²) in [6, 6.07) is 15.9. The van der Waals surface area contributed by atoms with E-state index in [0.717, 1.165) is 28.6 Å². The number of hydrogen-bond donors (Lipinski definition) is 1. The van der Waals surface area contributed by atoms with Gasteiger partial charge in [0.2, 0.25) is 5.91 Å². The number of hydrogen-bond acceptors (Lipinski definition) is 5. The molecule has 33 heavy (non-hydrogen) atoms. The first-order valence-corrected chi connectivity index (χ1v) is 11.8. The van der Waals surface area contributed by atoms with Crippen molar-refractivity contribution in [2.45, 2.75) is 50.9 Å². The zero-order chi connectivity index (χ0) is 23.5. The van der Waals surface area contributed by atoms with Gasteiger partial charge in [0.05, 0.1) is 11.5 Å². The van der Waals surface area contributed by atoms with Crippen LogP contribution in [0.1, 0.15) is 53.9 Å². The smallest absolute Gasteiger partial charge is 0.338 e. The fraction of sp³-hybridized carbons (Fsp3) is 0.385. The van der Waals surface area contributed by atoms with Gasteiger partial charge in [-0.25, -0.2) is 4.79 Å². The van der Waals surface area contributed by atoms with E-state index in [1.165, 1.54) is 5.69 Å². The lowest BCUT2D eigenvalue weighted by molar-refractivity contribution is -0.141.